The van der Waals surface area contributed by atoms with Crippen LogP contribution in [0.2, 0.25) is 0 Å². The summed E-state index contributed by atoms with van der Waals surface area (Å²) in [6.45, 7) is 10.6. The summed E-state index contributed by atoms with van der Waals surface area (Å²) in [4.78, 5) is 27.4. The number of benzene rings is 1. The zero-order valence-corrected chi connectivity index (χ0v) is 17.1. The van der Waals surface area contributed by atoms with Gasteiger partial charge in [0.05, 0.1) is 11.5 Å². The number of carbonyl (C=O) groups is 1. The second-order valence-corrected chi connectivity index (χ2v) is 8.29. The van der Waals surface area contributed by atoms with Gasteiger partial charge < -0.3 is 15.1 Å². The number of nitrogens with one attached hydrogen (secondary N) is 2. The minimum atomic E-state index is -0.732. The first-order chi connectivity index (χ1) is 13.1. The van der Waals surface area contributed by atoms with E-state index in [0.29, 0.717) is 29.2 Å². The van der Waals surface area contributed by atoms with Gasteiger partial charge in [0.15, 0.2) is 0 Å². The summed E-state index contributed by atoms with van der Waals surface area (Å²) >= 11 is 0. The predicted octanol–water partition coefficient (Wildman–Crippen LogP) is 3.60. The highest BCUT2D eigenvalue weighted by molar-refractivity contribution is 5.91. The Bertz CT molecular complexity index is 933. The molecule has 0 bridgehead atoms. The van der Waals surface area contributed by atoms with Crippen LogP contribution < -0.4 is 16.4 Å². The molecule has 0 aliphatic heterocycles. The van der Waals surface area contributed by atoms with Crippen LogP contribution in [0.5, 0.6) is 0 Å². The Hall–Kier alpha value is -2.88. The fourth-order valence-corrected chi connectivity index (χ4v) is 2.13. The molecule has 28 heavy (non-hydrogen) atoms. The van der Waals surface area contributed by atoms with Crippen LogP contribution in [0, 0.1) is 16.7 Å². The molecule has 7 nitrogen and oxygen atoms in total. The molecule has 1 aliphatic rings. The molecule has 1 heterocycles. The lowest BCUT2D eigenvalue weighted by molar-refractivity contribution is -0.122. The first kappa shape index (κ1) is 21.4. The summed E-state index contributed by atoms with van der Waals surface area (Å²) in [6.07, 6.45) is 2.60. The summed E-state index contributed by atoms with van der Waals surface area (Å²) < 4.78 is 5.00. The van der Waals surface area contributed by atoms with Gasteiger partial charge in [0, 0.05) is 0 Å². The summed E-state index contributed by atoms with van der Waals surface area (Å²) in [5.41, 5.74) is 0.214. The van der Waals surface area contributed by atoms with Crippen molar-refractivity contribution in [2.24, 2.45) is 5.41 Å². The lowest BCUT2D eigenvalue weighted by atomic mass is 9.94. The molecule has 0 saturated heterocycles. The van der Waals surface area contributed by atoms with Crippen LogP contribution in [0.1, 0.15) is 53.9 Å². The van der Waals surface area contributed by atoms with Gasteiger partial charge in [-0.15, -0.1) is 0 Å². The average molecular weight is 384 g/mol. The molecule has 3 rings (SSSR count). The van der Waals surface area contributed by atoms with Gasteiger partial charge >= 0.3 is 5.76 Å². The molecule has 1 aliphatic carbocycles. The van der Waals surface area contributed by atoms with Crippen molar-refractivity contribution in [2.75, 3.05) is 5.32 Å². The Morgan fingerprint density at radius 2 is 1.96 bits per heavy atom. The highest BCUT2D eigenvalue weighted by Gasteiger charge is 2.45. The highest BCUT2D eigenvalue weighted by Crippen LogP contribution is 2.34. The van der Waals surface area contributed by atoms with Gasteiger partial charge in [-0.2, -0.15) is 10.2 Å². The maximum Gasteiger partial charge on any atom is 0.441 e. The van der Waals surface area contributed by atoms with E-state index in [9.17, 15) is 9.59 Å². The van der Waals surface area contributed by atoms with Crippen LogP contribution in [0.25, 0.3) is 11.0 Å². The van der Waals surface area contributed by atoms with E-state index in [1.165, 1.54) is 6.42 Å². The van der Waals surface area contributed by atoms with Crippen molar-refractivity contribution in [1.29, 1.82) is 5.26 Å². The van der Waals surface area contributed by atoms with Crippen molar-refractivity contribution in [3.8, 4) is 6.07 Å². The molecule has 150 valence electrons. The van der Waals surface area contributed by atoms with Gasteiger partial charge in [-0.25, -0.2) is 4.79 Å². The third-order valence-corrected chi connectivity index (χ3v) is 4.68. The molecule has 2 N–H and O–H groups in total. The third-order valence-electron chi connectivity index (χ3n) is 4.68. The molecule has 1 fully saturated rings. The third kappa shape index (κ3) is 5.81. The number of carbonyl (C=O) groups excluding carboxylic acids is 1. The summed E-state index contributed by atoms with van der Waals surface area (Å²) in [5.74, 6) is -0.751. The lowest BCUT2D eigenvalue weighted by Gasteiger charge is -2.17. The minimum absolute atomic E-state index is 0.288. The van der Waals surface area contributed by atoms with E-state index in [0.717, 1.165) is 0 Å². The maximum atomic E-state index is 12.1. The Labute approximate surface area is 165 Å². The normalized spacial score (nSPS) is 15.6. The van der Waals surface area contributed by atoms with Crippen LogP contribution in [-0.2, 0) is 4.79 Å². The maximum absolute atomic E-state index is 12.1. The molecule has 0 radical (unpaired) electrons. The number of aromatic nitrogens is 1. The number of fused-ring (bicyclic) bond motifs is 1. The second-order valence-electron chi connectivity index (χ2n) is 8.29. The van der Waals surface area contributed by atoms with Crippen LogP contribution in [0.4, 0.5) is 5.82 Å². The van der Waals surface area contributed by atoms with E-state index in [1.807, 2.05) is 0 Å². The molecule has 1 saturated carbocycles. The second kappa shape index (κ2) is 8.42. The summed E-state index contributed by atoms with van der Waals surface area (Å²) in [5, 5.41) is 15.2. The van der Waals surface area contributed by atoms with Gasteiger partial charge in [-0.1, -0.05) is 46.2 Å². The largest absolute Gasteiger partial charge is 0.441 e. The first-order valence-electron chi connectivity index (χ1n) is 9.49. The Morgan fingerprint density at radius 3 is 2.50 bits per heavy atom. The van der Waals surface area contributed by atoms with Crippen molar-refractivity contribution in [3.63, 3.8) is 0 Å². The molecular weight excluding hydrogens is 356 g/mol. The number of hydrogen-bond acceptors (Lipinski definition) is 6. The molecule has 0 spiro atoms. The van der Waals surface area contributed by atoms with E-state index in [2.05, 4.69) is 49.4 Å². The van der Waals surface area contributed by atoms with Crippen molar-refractivity contribution in [1.82, 2.24) is 10.3 Å². The van der Waals surface area contributed by atoms with Gasteiger partial charge in [0.25, 0.3) is 0 Å². The number of para-hydroxylation sites is 1. The zero-order chi connectivity index (χ0) is 20.9. The van der Waals surface area contributed by atoms with Crippen molar-refractivity contribution in [2.45, 2.75) is 65.5 Å². The fraction of sp³-hybridized carbons (Fsp3) is 0.524. The standard InChI is InChI=1S/C15H14N4O3.C6H14/c1-9(13(20)19-15(8-16)6-7-15)17-12-10-4-2-3-5-11(10)22-14(21)18-12;1-5-6(2,3)4/h2-5,9H,6-7H2,1H3,(H,19,20)(H,17,18,21);5H2,1-4H3/t9-;/m0./s1. The van der Waals surface area contributed by atoms with Crippen molar-refractivity contribution >= 4 is 22.7 Å². The van der Waals surface area contributed by atoms with Gasteiger partial charge in [0.2, 0.25) is 5.91 Å². The van der Waals surface area contributed by atoms with E-state index >= 15 is 0 Å². The number of rotatable bonds is 4. The zero-order valence-electron chi connectivity index (χ0n) is 17.1. The van der Waals surface area contributed by atoms with Crippen LogP contribution >= 0.6 is 0 Å². The van der Waals surface area contributed by atoms with Crippen LogP contribution in [-0.4, -0.2) is 22.5 Å². The predicted molar refractivity (Wildman–Crippen MR) is 109 cm³/mol. The molecule has 0 unspecified atom stereocenters. The van der Waals surface area contributed by atoms with Crippen molar-refractivity contribution in [3.05, 3.63) is 34.8 Å². The average Bonchev–Trinajstić information content (AvgIpc) is 3.41. The monoisotopic (exact) mass is 384 g/mol. The Kier molecular flexibility index (Phi) is 6.45. The molecule has 1 aromatic carbocycles. The summed E-state index contributed by atoms with van der Waals surface area (Å²) in [6, 6.07) is 8.40. The molecule has 1 atom stereocenters. The molecule has 7 heteroatoms. The van der Waals surface area contributed by atoms with Gasteiger partial charge in [0.1, 0.15) is 23.0 Å². The number of hydrogen-bond donors (Lipinski definition) is 2. The van der Waals surface area contributed by atoms with Gasteiger partial charge in [-0.3, -0.25) is 4.79 Å². The SMILES string of the molecule is CCC(C)(C)C.C[C@H](Nc1nc(=O)oc2ccccc12)C(=O)NC1(C#N)CC1. The van der Waals surface area contributed by atoms with Crippen LogP contribution in [0.3, 0.4) is 0 Å². The molecule has 1 amide bonds. The number of amides is 1. The smallest absolute Gasteiger partial charge is 0.408 e. The molecule has 2 aromatic rings. The number of nitriles is 1. The van der Waals surface area contributed by atoms with Gasteiger partial charge in [-0.05, 0) is 37.3 Å². The molecular formula is C21H28N4O3. The van der Waals surface area contributed by atoms with E-state index in [4.69, 9.17) is 9.68 Å². The van der Waals surface area contributed by atoms with Crippen LogP contribution in [0.15, 0.2) is 33.5 Å². The van der Waals surface area contributed by atoms with E-state index in [-0.39, 0.29) is 11.7 Å². The number of anilines is 1. The minimum Gasteiger partial charge on any atom is -0.408 e. The highest BCUT2D eigenvalue weighted by atomic mass is 16.4. The topological polar surface area (TPSA) is 108 Å². The Balaban J connectivity index is 0.000000409. The van der Waals surface area contributed by atoms with E-state index < -0.39 is 17.3 Å². The van der Waals surface area contributed by atoms with Crippen molar-refractivity contribution < 1.29 is 9.21 Å². The Morgan fingerprint density at radius 1 is 1.36 bits per heavy atom. The quantitative estimate of drug-likeness (QED) is 0.834. The first-order valence-corrected chi connectivity index (χ1v) is 9.49. The van der Waals surface area contributed by atoms with E-state index in [1.54, 1.807) is 31.2 Å². The molecule has 1 aromatic heterocycles. The lowest BCUT2D eigenvalue weighted by Crippen LogP contribution is -2.44. The fourth-order valence-electron chi connectivity index (χ4n) is 2.13. The summed E-state index contributed by atoms with van der Waals surface area (Å²) in [7, 11) is 0. The number of nitrogens with zero attached hydrogens (tertiary/aromatic N) is 2.